The Bertz CT molecular complexity index is 1240. The average molecular weight is 564 g/mol. The number of allylic oxidation sites excluding steroid dienone is 15. The highest BCUT2D eigenvalue weighted by atomic mass is 35.5. The Kier molecular flexibility index (Phi) is 16.2. The van der Waals surface area contributed by atoms with Gasteiger partial charge < -0.3 is 14.8 Å². The van der Waals surface area contributed by atoms with E-state index >= 15 is 0 Å². The summed E-state index contributed by atoms with van der Waals surface area (Å²) in [5, 5.41) is 3.24. The number of hydrogen-bond acceptors (Lipinski definition) is 3. The highest BCUT2D eigenvalue weighted by Crippen LogP contribution is 2.41. The number of benzene rings is 1. The van der Waals surface area contributed by atoms with Gasteiger partial charge in [0.25, 0.3) is 0 Å². The molecule has 2 rings (SSSR count). The van der Waals surface area contributed by atoms with Gasteiger partial charge in [-0.1, -0.05) is 81.5 Å². The Morgan fingerprint density at radius 2 is 1.65 bits per heavy atom. The lowest BCUT2D eigenvalue weighted by Crippen LogP contribution is -2.19. The van der Waals surface area contributed by atoms with Gasteiger partial charge in [0, 0.05) is 17.2 Å². The fourth-order valence-corrected chi connectivity index (χ4v) is 4.06. The Morgan fingerprint density at radius 3 is 2.20 bits per heavy atom. The van der Waals surface area contributed by atoms with Crippen molar-refractivity contribution < 1.29 is 14.3 Å². The van der Waals surface area contributed by atoms with Crippen molar-refractivity contribution in [1.82, 2.24) is 5.32 Å². The van der Waals surface area contributed by atoms with Crippen molar-refractivity contribution >= 4 is 23.1 Å². The van der Waals surface area contributed by atoms with E-state index in [2.05, 4.69) is 95.1 Å². The molecule has 0 aromatic heterocycles. The van der Waals surface area contributed by atoms with E-state index < -0.39 is 0 Å². The van der Waals surface area contributed by atoms with E-state index in [9.17, 15) is 4.79 Å². The van der Waals surface area contributed by atoms with Crippen molar-refractivity contribution in [1.29, 1.82) is 0 Å². The molecule has 0 bridgehead atoms. The van der Waals surface area contributed by atoms with Crippen LogP contribution < -0.4 is 14.8 Å². The summed E-state index contributed by atoms with van der Waals surface area (Å²) in [5.74, 6) is 1.66. The van der Waals surface area contributed by atoms with Crippen LogP contribution in [0.3, 0.4) is 0 Å². The first kappa shape index (κ1) is 34.5. The maximum Gasteiger partial charge on any atom is 0.231 e. The Balaban J connectivity index is 0.000000520. The third kappa shape index (κ3) is 10.9. The van der Waals surface area contributed by atoms with Gasteiger partial charge in [0.2, 0.25) is 12.7 Å². The van der Waals surface area contributed by atoms with Gasteiger partial charge in [-0.15, -0.1) is 0 Å². The van der Waals surface area contributed by atoms with Crippen molar-refractivity contribution in [3.05, 3.63) is 112 Å². The first-order valence-electron chi connectivity index (χ1n) is 13.9. The number of carbonyl (C=O) groups is 1. The molecule has 0 saturated heterocycles. The summed E-state index contributed by atoms with van der Waals surface area (Å²) in [5.41, 5.74) is 8.24. The van der Waals surface area contributed by atoms with Crippen LogP contribution in [0.1, 0.15) is 78.9 Å². The number of ether oxygens (including phenoxy) is 2. The Hall–Kier alpha value is -3.50. The van der Waals surface area contributed by atoms with Crippen LogP contribution in [0.25, 0.3) is 5.57 Å². The number of rotatable bonds is 11. The fourth-order valence-electron chi connectivity index (χ4n) is 4.00. The van der Waals surface area contributed by atoms with Crippen LogP contribution >= 0.6 is 11.6 Å². The molecule has 40 heavy (non-hydrogen) atoms. The Morgan fingerprint density at radius 1 is 1.00 bits per heavy atom. The third-order valence-electron chi connectivity index (χ3n) is 6.00. The number of hydrogen-bond donors (Lipinski definition) is 1. The molecule has 1 heterocycles. The molecule has 1 aromatic carbocycles. The predicted molar refractivity (Wildman–Crippen MR) is 173 cm³/mol. The standard InChI is InChI=1S/C25H32O2.C10H14ClNO/c1-7-11-14-18(5)21(12-8-2)20(10-4)22(13-9-3)23-16-25-24(15-19(23)6)26-17-27-25;1-4-9(11)7-6-8(3)12-10(13)5-2/h7,10-16H,8-9,17H2,1-6H3;4,6-7H,1,5H2,2-3H3,(H,12,13)/b11-7-,18-14+,20-10-,21-12?,22-13?;8-6+,9-7+. The lowest BCUT2D eigenvalue weighted by molar-refractivity contribution is -0.120. The molecule has 1 amide bonds. The van der Waals surface area contributed by atoms with Gasteiger partial charge in [-0.2, -0.15) is 0 Å². The minimum atomic E-state index is -0.00289. The molecule has 0 saturated carbocycles. The normalized spacial score (nSPS) is 14.7. The lowest BCUT2D eigenvalue weighted by atomic mass is 9.85. The fraction of sp³-hybridized carbons (Fsp3) is 0.343. The van der Waals surface area contributed by atoms with Crippen LogP contribution in [0.4, 0.5) is 0 Å². The van der Waals surface area contributed by atoms with E-state index in [1.165, 1.54) is 39.5 Å². The first-order valence-corrected chi connectivity index (χ1v) is 14.3. The highest BCUT2D eigenvalue weighted by molar-refractivity contribution is 6.31. The third-order valence-corrected chi connectivity index (χ3v) is 6.28. The zero-order valence-corrected chi connectivity index (χ0v) is 26.2. The molecule has 0 spiro atoms. The minimum absolute atomic E-state index is 0.00289. The van der Waals surface area contributed by atoms with Gasteiger partial charge in [0.1, 0.15) is 0 Å². The molecule has 0 fully saturated rings. The number of halogens is 1. The summed E-state index contributed by atoms with van der Waals surface area (Å²) >= 11 is 5.67. The second-order valence-electron chi connectivity index (χ2n) is 9.16. The quantitative estimate of drug-likeness (QED) is 0.272. The van der Waals surface area contributed by atoms with Crippen LogP contribution in [0.5, 0.6) is 11.5 Å². The summed E-state index contributed by atoms with van der Waals surface area (Å²) in [6, 6.07) is 4.21. The summed E-state index contributed by atoms with van der Waals surface area (Å²) in [7, 11) is 0. The maximum absolute atomic E-state index is 10.9. The van der Waals surface area contributed by atoms with Gasteiger partial charge in [0.05, 0.1) is 0 Å². The summed E-state index contributed by atoms with van der Waals surface area (Å²) < 4.78 is 11.2. The number of nitrogens with one attached hydrogen (secondary N) is 1. The molecule has 1 N–H and O–H groups in total. The van der Waals surface area contributed by atoms with E-state index in [0.29, 0.717) is 18.2 Å². The zero-order valence-electron chi connectivity index (χ0n) is 25.5. The second-order valence-corrected chi connectivity index (χ2v) is 9.59. The molecule has 1 aliphatic rings. The van der Waals surface area contributed by atoms with Crippen molar-refractivity contribution in [2.45, 2.75) is 74.7 Å². The molecule has 1 aliphatic heterocycles. The molecule has 0 atom stereocenters. The smallest absolute Gasteiger partial charge is 0.231 e. The van der Waals surface area contributed by atoms with Crippen molar-refractivity contribution in [3.8, 4) is 11.5 Å². The van der Waals surface area contributed by atoms with Crippen LogP contribution in [0, 0.1) is 6.92 Å². The molecular formula is C35H46ClNO3. The topological polar surface area (TPSA) is 47.6 Å². The first-order chi connectivity index (χ1) is 19.2. The number of amides is 1. The number of fused-ring (bicyclic) bond motifs is 1. The van der Waals surface area contributed by atoms with Crippen LogP contribution in [0.2, 0.25) is 0 Å². The molecule has 0 unspecified atom stereocenters. The average Bonchev–Trinajstić information content (AvgIpc) is 3.40. The molecule has 0 aliphatic carbocycles. The largest absolute Gasteiger partial charge is 0.454 e. The molecule has 216 valence electrons. The summed E-state index contributed by atoms with van der Waals surface area (Å²) in [6.45, 7) is 20.3. The van der Waals surface area contributed by atoms with Gasteiger partial charge in [0.15, 0.2) is 11.5 Å². The van der Waals surface area contributed by atoms with E-state index in [1.807, 2.05) is 6.92 Å². The van der Waals surface area contributed by atoms with E-state index in [4.69, 9.17) is 21.1 Å². The van der Waals surface area contributed by atoms with Crippen molar-refractivity contribution in [3.63, 3.8) is 0 Å². The van der Waals surface area contributed by atoms with Gasteiger partial charge >= 0.3 is 0 Å². The van der Waals surface area contributed by atoms with Gasteiger partial charge in [-0.05, 0) is 105 Å². The van der Waals surface area contributed by atoms with Crippen molar-refractivity contribution in [2.75, 3.05) is 6.79 Å². The van der Waals surface area contributed by atoms with Crippen molar-refractivity contribution in [2.24, 2.45) is 0 Å². The number of carbonyl (C=O) groups excluding carboxylic acids is 1. The van der Waals surface area contributed by atoms with Crippen LogP contribution in [-0.4, -0.2) is 12.7 Å². The summed E-state index contributed by atoms with van der Waals surface area (Å²) in [6.07, 6.45) is 20.6. The maximum atomic E-state index is 10.9. The number of aryl methyl sites for hydroxylation is 1. The zero-order chi connectivity index (χ0) is 30.1. The van der Waals surface area contributed by atoms with E-state index in [0.717, 1.165) is 30.0 Å². The highest BCUT2D eigenvalue weighted by Gasteiger charge is 2.20. The molecule has 0 radical (unpaired) electrons. The SMILES string of the molecule is C/C=C\C=C(/C)C(=CCC)/C(=C/C)C(=CCC)c1cc2c(cc1C)OCO2.C=C/C(Cl)=C\C=C(/C)NC(=O)CC. The molecule has 1 aromatic rings. The molecule has 5 heteroatoms. The molecular weight excluding hydrogens is 518 g/mol. The van der Waals surface area contributed by atoms with Crippen LogP contribution in [0.15, 0.2) is 101 Å². The van der Waals surface area contributed by atoms with Crippen LogP contribution in [-0.2, 0) is 4.79 Å². The Labute approximate surface area is 247 Å². The minimum Gasteiger partial charge on any atom is -0.454 e. The monoisotopic (exact) mass is 563 g/mol. The van der Waals surface area contributed by atoms with E-state index in [-0.39, 0.29) is 5.91 Å². The summed E-state index contributed by atoms with van der Waals surface area (Å²) in [4.78, 5) is 10.9. The lowest BCUT2D eigenvalue weighted by Gasteiger charge is -2.19. The second kappa shape index (κ2) is 18.7. The van der Waals surface area contributed by atoms with Gasteiger partial charge in [-0.3, -0.25) is 4.79 Å². The van der Waals surface area contributed by atoms with Gasteiger partial charge in [-0.25, -0.2) is 0 Å². The molecule has 4 nitrogen and oxygen atoms in total. The van der Waals surface area contributed by atoms with E-state index in [1.54, 1.807) is 26.0 Å². The predicted octanol–water partition coefficient (Wildman–Crippen LogP) is 10.0.